The van der Waals surface area contributed by atoms with E-state index in [1.165, 1.54) is 12.1 Å². The number of carbonyl (C=O) groups is 1. The first kappa shape index (κ1) is 16.1. The molecule has 1 heterocycles. The highest BCUT2D eigenvalue weighted by Crippen LogP contribution is 2.25. The maximum Gasteiger partial charge on any atom is 0.335 e. The van der Waals surface area contributed by atoms with Crippen LogP contribution in [-0.4, -0.2) is 62.0 Å². The molecule has 22 heavy (non-hydrogen) atoms. The van der Waals surface area contributed by atoms with Crippen molar-refractivity contribution in [1.82, 2.24) is 0 Å². The number of nitro groups is 1. The average Bonchev–Trinajstić information content (AvgIpc) is 2.48. The van der Waals surface area contributed by atoms with E-state index in [1.807, 2.05) is 0 Å². The molecule has 1 aromatic carbocycles. The van der Waals surface area contributed by atoms with Gasteiger partial charge < -0.3 is 29.9 Å². The van der Waals surface area contributed by atoms with Crippen LogP contribution in [0, 0.1) is 10.1 Å². The molecule has 0 saturated carbocycles. The molecule has 0 radical (unpaired) electrons. The van der Waals surface area contributed by atoms with E-state index in [0.717, 1.165) is 12.1 Å². The lowest BCUT2D eigenvalue weighted by Crippen LogP contribution is -2.61. The minimum absolute atomic E-state index is 0.0578. The second kappa shape index (κ2) is 6.23. The van der Waals surface area contributed by atoms with Gasteiger partial charge in [-0.25, -0.2) is 4.79 Å². The van der Waals surface area contributed by atoms with Gasteiger partial charge in [0.05, 0.1) is 4.92 Å². The van der Waals surface area contributed by atoms with E-state index in [1.54, 1.807) is 0 Å². The van der Waals surface area contributed by atoms with Gasteiger partial charge in [0, 0.05) is 12.1 Å². The van der Waals surface area contributed by atoms with Gasteiger partial charge >= 0.3 is 5.97 Å². The summed E-state index contributed by atoms with van der Waals surface area (Å²) in [6.45, 7) is 0. The summed E-state index contributed by atoms with van der Waals surface area (Å²) >= 11 is 0. The van der Waals surface area contributed by atoms with E-state index in [0.29, 0.717) is 0 Å². The Morgan fingerprint density at radius 3 is 2.23 bits per heavy atom. The van der Waals surface area contributed by atoms with Gasteiger partial charge in [-0.15, -0.1) is 0 Å². The number of carboxylic acid groups (broad SMARTS) is 1. The number of aliphatic hydroxyl groups excluding tert-OH is 3. The number of ether oxygens (including phenoxy) is 2. The van der Waals surface area contributed by atoms with Crippen LogP contribution >= 0.6 is 0 Å². The minimum Gasteiger partial charge on any atom is -0.479 e. The summed E-state index contributed by atoms with van der Waals surface area (Å²) in [7, 11) is 0. The lowest BCUT2D eigenvalue weighted by Gasteiger charge is -2.38. The van der Waals surface area contributed by atoms with E-state index < -0.39 is 41.6 Å². The maximum atomic E-state index is 10.9. The zero-order valence-electron chi connectivity index (χ0n) is 11.0. The third-order valence-electron chi connectivity index (χ3n) is 3.11. The Balaban J connectivity index is 2.13. The van der Waals surface area contributed by atoms with Crippen molar-refractivity contribution in [2.75, 3.05) is 0 Å². The Hall–Kier alpha value is -2.27. The zero-order chi connectivity index (χ0) is 16.4. The van der Waals surface area contributed by atoms with Crippen LogP contribution in [0.5, 0.6) is 5.75 Å². The number of carboxylic acids is 1. The van der Waals surface area contributed by atoms with E-state index >= 15 is 0 Å². The first-order valence-electron chi connectivity index (χ1n) is 6.15. The highest BCUT2D eigenvalue weighted by Gasteiger charge is 2.48. The summed E-state index contributed by atoms with van der Waals surface area (Å²) in [5, 5.41) is 48.3. The molecule has 10 heteroatoms. The number of nitrogens with zero attached hydrogens (tertiary/aromatic N) is 1. The van der Waals surface area contributed by atoms with Crippen LogP contribution in [0.25, 0.3) is 0 Å². The minimum atomic E-state index is -1.82. The van der Waals surface area contributed by atoms with Crippen LogP contribution in [0.2, 0.25) is 0 Å². The molecule has 5 atom stereocenters. The maximum absolute atomic E-state index is 10.9. The molecule has 1 aromatic rings. The van der Waals surface area contributed by atoms with Crippen LogP contribution in [0.4, 0.5) is 5.69 Å². The summed E-state index contributed by atoms with van der Waals surface area (Å²) in [6, 6.07) is 4.73. The molecule has 0 amide bonds. The first-order chi connectivity index (χ1) is 10.3. The molecule has 1 aliphatic rings. The molecular weight excluding hydrogens is 302 g/mol. The molecule has 2 rings (SSSR count). The number of non-ortho nitro benzene ring substituents is 1. The van der Waals surface area contributed by atoms with Crippen molar-refractivity contribution in [2.45, 2.75) is 30.7 Å². The summed E-state index contributed by atoms with van der Waals surface area (Å²) in [4.78, 5) is 20.8. The van der Waals surface area contributed by atoms with Crippen LogP contribution in [0.15, 0.2) is 24.3 Å². The number of nitro benzene ring substituents is 1. The topological polar surface area (TPSA) is 160 Å². The Bertz CT molecular complexity index is 560. The Morgan fingerprint density at radius 1 is 1.14 bits per heavy atom. The van der Waals surface area contributed by atoms with Gasteiger partial charge in [0.1, 0.15) is 24.1 Å². The summed E-state index contributed by atoms with van der Waals surface area (Å²) in [5.41, 5.74) is -0.184. The van der Waals surface area contributed by atoms with Crippen LogP contribution in [0.3, 0.4) is 0 Å². The number of aliphatic carboxylic acids is 1. The number of benzene rings is 1. The zero-order valence-corrected chi connectivity index (χ0v) is 11.0. The van der Waals surface area contributed by atoms with Crippen molar-refractivity contribution in [2.24, 2.45) is 0 Å². The molecule has 0 aliphatic carbocycles. The van der Waals surface area contributed by atoms with Crippen LogP contribution in [0.1, 0.15) is 0 Å². The number of aliphatic hydroxyl groups is 3. The smallest absolute Gasteiger partial charge is 0.335 e. The van der Waals surface area contributed by atoms with Crippen molar-refractivity contribution in [3.05, 3.63) is 34.4 Å². The van der Waals surface area contributed by atoms with Gasteiger partial charge in [0.2, 0.25) is 6.29 Å². The first-order valence-corrected chi connectivity index (χ1v) is 6.15. The highest BCUT2D eigenvalue weighted by atomic mass is 16.7. The van der Waals surface area contributed by atoms with Gasteiger partial charge in [-0.2, -0.15) is 0 Å². The number of hydrogen-bond donors (Lipinski definition) is 4. The van der Waals surface area contributed by atoms with E-state index in [9.17, 15) is 30.2 Å². The van der Waals surface area contributed by atoms with Gasteiger partial charge in [-0.1, -0.05) is 0 Å². The van der Waals surface area contributed by atoms with Crippen molar-refractivity contribution < 1.29 is 39.6 Å². The van der Waals surface area contributed by atoms with Crippen molar-refractivity contribution >= 4 is 11.7 Å². The predicted molar refractivity (Wildman–Crippen MR) is 68.0 cm³/mol. The van der Waals surface area contributed by atoms with Crippen molar-refractivity contribution in [3.8, 4) is 5.75 Å². The second-order valence-electron chi connectivity index (χ2n) is 4.60. The average molecular weight is 315 g/mol. The van der Waals surface area contributed by atoms with Crippen LogP contribution < -0.4 is 4.74 Å². The molecule has 120 valence electrons. The SMILES string of the molecule is O=C(O)[C@H]1O[C@@H](Oc2ccc([N+](=O)[O-])cc2)[C@@H](O)[C@H](O)[C@H]1O. The standard InChI is InChI=1S/C12H13NO9/c14-7-8(15)10(11(17)18)22-12(9(7)16)21-6-3-1-5(2-4-6)13(19)20/h1-4,7-10,12,14-16H,(H,17,18)/t7-,8-,9+,10+,12-/m1/s1. The summed E-state index contributed by atoms with van der Waals surface area (Å²) < 4.78 is 10.1. The second-order valence-corrected chi connectivity index (χ2v) is 4.60. The molecule has 0 spiro atoms. The molecule has 1 fully saturated rings. The Labute approximate surface area is 123 Å². The van der Waals surface area contributed by atoms with E-state index in [-0.39, 0.29) is 11.4 Å². The summed E-state index contributed by atoms with van der Waals surface area (Å²) in [5.74, 6) is -1.47. The van der Waals surface area contributed by atoms with E-state index in [4.69, 9.17) is 14.6 Å². The van der Waals surface area contributed by atoms with Gasteiger partial charge in [0.15, 0.2) is 6.10 Å². The molecule has 10 nitrogen and oxygen atoms in total. The Morgan fingerprint density at radius 2 is 1.73 bits per heavy atom. The lowest BCUT2D eigenvalue weighted by molar-refractivity contribution is -0.384. The molecule has 0 unspecified atom stereocenters. The molecule has 1 aliphatic heterocycles. The molecule has 0 aromatic heterocycles. The monoisotopic (exact) mass is 315 g/mol. The number of hydrogen-bond acceptors (Lipinski definition) is 8. The largest absolute Gasteiger partial charge is 0.479 e. The van der Waals surface area contributed by atoms with Gasteiger partial charge in [-0.05, 0) is 12.1 Å². The molecule has 0 bridgehead atoms. The van der Waals surface area contributed by atoms with Crippen molar-refractivity contribution in [3.63, 3.8) is 0 Å². The fourth-order valence-corrected chi connectivity index (χ4v) is 1.93. The normalized spacial score (nSPS) is 31.5. The van der Waals surface area contributed by atoms with Gasteiger partial charge in [0.25, 0.3) is 5.69 Å². The fraction of sp³-hybridized carbons (Fsp3) is 0.417. The Kier molecular flexibility index (Phi) is 4.56. The van der Waals surface area contributed by atoms with Gasteiger partial charge in [-0.3, -0.25) is 10.1 Å². The lowest BCUT2D eigenvalue weighted by atomic mass is 9.99. The third-order valence-corrected chi connectivity index (χ3v) is 3.11. The molecule has 1 saturated heterocycles. The molecule has 4 N–H and O–H groups in total. The quantitative estimate of drug-likeness (QED) is 0.398. The third kappa shape index (κ3) is 3.14. The summed E-state index contributed by atoms with van der Waals surface area (Å²) in [6.07, 6.45) is -8.62. The predicted octanol–water partition coefficient (Wildman–Crippen LogP) is -1.13. The molecular formula is C12H13NO9. The highest BCUT2D eigenvalue weighted by molar-refractivity contribution is 5.73. The number of rotatable bonds is 4. The van der Waals surface area contributed by atoms with E-state index in [2.05, 4.69) is 0 Å². The fourth-order valence-electron chi connectivity index (χ4n) is 1.93. The van der Waals surface area contributed by atoms with Crippen molar-refractivity contribution in [1.29, 1.82) is 0 Å². The van der Waals surface area contributed by atoms with Crippen LogP contribution in [-0.2, 0) is 9.53 Å².